The van der Waals surface area contributed by atoms with Gasteiger partial charge in [0.2, 0.25) is 0 Å². The summed E-state index contributed by atoms with van der Waals surface area (Å²) in [5.41, 5.74) is 7.21. The van der Waals surface area contributed by atoms with Crippen LogP contribution in [0.2, 0.25) is 0 Å². The van der Waals surface area contributed by atoms with E-state index in [-0.39, 0.29) is 47.0 Å². The second-order valence-electron chi connectivity index (χ2n) is 18.0. The number of amides is 4. The van der Waals surface area contributed by atoms with Crippen LogP contribution in [0.15, 0.2) is 192 Å². The fourth-order valence-corrected chi connectivity index (χ4v) is 10.8. The Kier molecular flexibility index (Phi) is 16.3. The van der Waals surface area contributed by atoms with Gasteiger partial charge in [-0.15, -0.1) is 0 Å². The van der Waals surface area contributed by atoms with Gasteiger partial charge in [0.05, 0.1) is 13.2 Å². The maximum Gasteiger partial charge on any atom is 0.339 e. The molecule has 0 aliphatic heterocycles. The fraction of sp³-hybridized carbons (Fsp3) is 0.167. The number of carbonyl (C=O) groups is 2. The van der Waals surface area contributed by atoms with E-state index in [1.807, 2.05) is 98.8 Å². The molecule has 0 unspecified atom stereocenters. The summed E-state index contributed by atoms with van der Waals surface area (Å²) in [7, 11) is -8.94. The molecule has 0 heterocycles. The maximum atomic E-state index is 14.4. The number of benzene rings is 8. The lowest BCUT2D eigenvalue weighted by Crippen LogP contribution is -2.19. The van der Waals surface area contributed by atoms with Crippen molar-refractivity contribution in [3.05, 3.63) is 226 Å². The number of hydrogen-bond acceptors (Lipinski definition) is 10. The summed E-state index contributed by atoms with van der Waals surface area (Å²) in [6, 6.07) is 51.0. The first-order valence-corrected chi connectivity index (χ1v) is 27.7. The van der Waals surface area contributed by atoms with Crippen molar-refractivity contribution in [2.24, 2.45) is 0 Å². The van der Waals surface area contributed by atoms with Crippen molar-refractivity contribution < 1.29 is 44.3 Å². The van der Waals surface area contributed by atoms with Crippen molar-refractivity contribution in [3.63, 3.8) is 0 Å². The summed E-state index contributed by atoms with van der Waals surface area (Å²) < 4.78 is 83.3. The molecule has 8 bridgehead atoms. The molecule has 0 atom stereocenters. The Morgan fingerprint density at radius 1 is 0.355 bits per heavy atom. The van der Waals surface area contributed by atoms with Crippen LogP contribution >= 0.6 is 0 Å². The number of carbonyl (C=O) groups excluding carboxylic acids is 2. The normalized spacial score (nSPS) is 12.1. The molecule has 0 aromatic heterocycles. The molecule has 0 saturated carbocycles. The number of hydrogen-bond donors (Lipinski definition) is 4. The van der Waals surface area contributed by atoms with E-state index in [1.54, 1.807) is 48.5 Å². The molecule has 8 aromatic carbocycles. The van der Waals surface area contributed by atoms with Crippen LogP contribution in [-0.2, 0) is 45.9 Å². The lowest BCUT2D eigenvalue weighted by molar-refractivity contribution is 0.261. The second kappa shape index (κ2) is 23.7. The number of rotatable bonds is 16. The summed E-state index contributed by atoms with van der Waals surface area (Å²) in [6.45, 7) is 4.73. The molecule has 16 heteroatoms. The predicted molar refractivity (Wildman–Crippen MR) is 295 cm³/mol. The van der Waals surface area contributed by atoms with Crippen molar-refractivity contribution in [2.45, 2.75) is 62.2 Å². The van der Waals surface area contributed by atoms with Gasteiger partial charge in [-0.3, -0.25) is 0 Å². The molecular weight excluding hydrogens is 1000 g/mol. The maximum absolute atomic E-state index is 14.4. The Balaban J connectivity index is 1.08. The molecule has 0 fully saturated rings. The zero-order valence-electron chi connectivity index (χ0n) is 41.9. The van der Waals surface area contributed by atoms with Gasteiger partial charge in [0.25, 0.3) is 0 Å². The number of ether oxygens (including phenoxy) is 2. The molecule has 388 valence electrons. The summed E-state index contributed by atoms with van der Waals surface area (Å²) in [6.07, 6.45) is 2.16. The summed E-state index contributed by atoms with van der Waals surface area (Å²) in [5.74, 6) is 1.44. The lowest BCUT2D eigenvalue weighted by Gasteiger charge is -2.22. The van der Waals surface area contributed by atoms with E-state index < -0.39 is 32.3 Å². The van der Waals surface area contributed by atoms with Crippen LogP contribution < -0.4 is 39.1 Å². The Morgan fingerprint density at radius 2 is 0.618 bits per heavy atom. The van der Waals surface area contributed by atoms with Gasteiger partial charge in [0, 0.05) is 70.7 Å². The highest BCUT2D eigenvalue weighted by Gasteiger charge is 2.27. The largest absolute Gasteiger partial charge is 0.493 e. The highest BCUT2D eigenvalue weighted by molar-refractivity contribution is 7.87. The Labute approximate surface area is 443 Å². The van der Waals surface area contributed by atoms with E-state index in [1.165, 1.54) is 48.5 Å². The molecule has 8 aromatic rings. The van der Waals surface area contributed by atoms with Gasteiger partial charge in [0.15, 0.2) is 0 Å². The molecule has 4 amide bonds. The number of anilines is 4. The molecule has 4 N–H and O–H groups in total. The lowest BCUT2D eigenvalue weighted by atomic mass is 9.91. The minimum atomic E-state index is -4.47. The van der Waals surface area contributed by atoms with Gasteiger partial charge >= 0.3 is 32.3 Å². The van der Waals surface area contributed by atoms with Gasteiger partial charge in [-0.05, 0) is 108 Å². The van der Waals surface area contributed by atoms with Crippen molar-refractivity contribution >= 4 is 55.0 Å². The summed E-state index contributed by atoms with van der Waals surface area (Å²) in [5, 5.41) is 11.0. The highest BCUT2D eigenvalue weighted by atomic mass is 32.2. The monoisotopic (exact) mass is 1060 g/mol. The van der Waals surface area contributed by atoms with Gasteiger partial charge in [-0.25, -0.2) is 9.59 Å². The quantitative estimate of drug-likeness (QED) is 0.0678. The second-order valence-corrected chi connectivity index (χ2v) is 21.1. The van der Waals surface area contributed by atoms with E-state index in [0.29, 0.717) is 82.6 Å². The Hall–Kier alpha value is -8.60. The number of urea groups is 2. The Bertz CT molecular complexity index is 3260. The first-order chi connectivity index (χ1) is 36.8. The third-order valence-electron chi connectivity index (χ3n) is 12.4. The van der Waals surface area contributed by atoms with E-state index in [4.69, 9.17) is 17.8 Å². The highest BCUT2D eigenvalue weighted by Crippen LogP contribution is 2.40. The van der Waals surface area contributed by atoms with Crippen LogP contribution in [0, 0.1) is 0 Å². The topological polar surface area (TPSA) is 187 Å². The molecule has 0 spiro atoms. The van der Waals surface area contributed by atoms with Gasteiger partial charge in [0.1, 0.15) is 32.8 Å². The smallest absolute Gasteiger partial charge is 0.339 e. The van der Waals surface area contributed by atoms with Crippen LogP contribution in [0.5, 0.6) is 23.0 Å². The zero-order chi connectivity index (χ0) is 53.1. The van der Waals surface area contributed by atoms with Crippen LogP contribution in [0.4, 0.5) is 32.3 Å². The molecule has 1 aliphatic rings. The van der Waals surface area contributed by atoms with Crippen LogP contribution in [0.25, 0.3) is 0 Å². The standard InChI is InChI=1S/C60H56N4O10S2/c1-3-35-71-55-41-15-11-16-42(55)38-46-20-14-22-48(58(46)74-76(69,70)54-33-29-52(30-34-54)64-60(66)62-50-25-9-6-10-26-50)40-44-18-12-17-43(56(44)72-36-4-2)39-47-21-13-19-45(37-41)57(47)73-75(67,68)53-31-27-51(28-32-53)63-59(65)61-49-23-7-5-8-24-49/h5-34H,3-4,35-40H2,1-2H3,(H2,61,63,65)(H2,62,64,66). The van der Waals surface area contributed by atoms with E-state index in [9.17, 15) is 26.4 Å². The summed E-state index contributed by atoms with van der Waals surface area (Å²) in [4.78, 5) is 25.3. The van der Waals surface area contributed by atoms with E-state index in [2.05, 4.69) is 21.3 Å². The van der Waals surface area contributed by atoms with Gasteiger partial charge in [-0.1, -0.05) is 123 Å². The van der Waals surface area contributed by atoms with Crippen molar-refractivity contribution in [1.29, 1.82) is 0 Å². The Morgan fingerprint density at radius 3 is 0.895 bits per heavy atom. The van der Waals surface area contributed by atoms with E-state index in [0.717, 1.165) is 22.3 Å². The van der Waals surface area contributed by atoms with Gasteiger partial charge in [-0.2, -0.15) is 16.8 Å². The fourth-order valence-electron chi connectivity index (χ4n) is 8.83. The molecule has 1 aliphatic carbocycles. The van der Waals surface area contributed by atoms with Crippen LogP contribution in [0.3, 0.4) is 0 Å². The molecule has 0 radical (unpaired) electrons. The minimum absolute atomic E-state index is 0.119. The third-order valence-corrected chi connectivity index (χ3v) is 14.9. The summed E-state index contributed by atoms with van der Waals surface area (Å²) >= 11 is 0. The molecule has 0 saturated heterocycles. The van der Waals surface area contributed by atoms with Gasteiger partial charge < -0.3 is 39.1 Å². The number of nitrogens with one attached hydrogen (secondary N) is 4. The zero-order valence-corrected chi connectivity index (χ0v) is 43.5. The van der Waals surface area contributed by atoms with Crippen molar-refractivity contribution in [2.75, 3.05) is 34.5 Å². The van der Waals surface area contributed by atoms with Crippen molar-refractivity contribution in [1.82, 2.24) is 0 Å². The van der Waals surface area contributed by atoms with E-state index >= 15 is 0 Å². The molecule has 9 rings (SSSR count). The predicted octanol–water partition coefficient (Wildman–Crippen LogP) is 12.8. The first kappa shape index (κ1) is 52.3. The SMILES string of the molecule is CCCOc1c2cccc1Cc1cccc(c1OS(=O)(=O)c1ccc(NC(=O)Nc3ccccc3)cc1)Cc1cccc(c1OCCC)Cc1cccc(c1OS(=O)(=O)c1ccc(NC(=O)Nc3ccccc3)cc1)C2. The minimum Gasteiger partial charge on any atom is -0.493 e. The third kappa shape index (κ3) is 12.8. The molecular formula is C60H56N4O10S2. The number of para-hydroxylation sites is 6. The average Bonchev–Trinajstić information content (AvgIpc) is 3.41. The van der Waals surface area contributed by atoms with Crippen LogP contribution in [-0.4, -0.2) is 42.1 Å². The first-order valence-electron chi connectivity index (χ1n) is 24.9. The van der Waals surface area contributed by atoms with Crippen molar-refractivity contribution in [3.8, 4) is 23.0 Å². The number of fused-ring (bicyclic) bond motifs is 8. The average molecular weight is 1060 g/mol. The van der Waals surface area contributed by atoms with Crippen LogP contribution in [0.1, 0.15) is 71.2 Å². The molecule has 76 heavy (non-hydrogen) atoms. The molecule has 14 nitrogen and oxygen atoms in total.